The van der Waals surface area contributed by atoms with Gasteiger partial charge in [-0.25, -0.2) is 19.9 Å². The predicted octanol–water partition coefficient (Wildman–Crippen LogP) is 24.4. The van der Waals surface area contributed by atoms with Gasteiger partial charge in [-0.05, 0) is 147 Å². The quantitative estimate of drug-likeness (QED) is 0.155. The molecule has 0 radical (unpaired) electrons. The molecule has 5 nitrogen and oxygen atoms in total. The molecule has 0 bridgehead atoms. The number of hydrogen-bond donors (Lipinski definition) is 0. The van der Waals surface area contributed by atoms with Gasteiger partial charge in [0.2, 0.25) is 0 Å². The van der Waals surface area contributed by atoms with Crippen molar-refractivity contribution in [3.63, 3.8) is 0 Å². The summed E-state index contributed by atoms with van der Waals surface area (Å²) in [4.78, 5) is 20.3. The Labute approximate surface area is 553 Å². The topological polar surface area (TPSA) is 64.7 Å². The number of furan rings is 1. The van der Waals surface area contributed by atoms with Crippen LogP contribution in [0, 0.1) is 0 Å². The van der Waals surface area contributed by atoms with Crippen molar-refractivity contribution in [2.24, 2.45) is 0 Å². The van der Waals surface area contributed by atoms with Crippen molar-refractivity contribution in [2.75, 3.05) is 0 Å². The van der Waals surface area contributed by atoms with E-state index in [2.05, 4.69) is 275 Å². The highest BCUT2D eigenvalue weighted by atomic mass is 16.3. The fourth-order valence-electron chi connectivity index (χ4n) is 15.6. The van der Waals surface area contributed by atoms with E-state index >= 15 is 0 Å². The molecule has 1 aliphatic carbocycles. The summed E-state index contributed by atoms with van der Waals surface area (Å²) < 4.78 is 6.53. The van der Waals surface area contributed by atoms with Gasteiger partial charge in [0.25, 0.3) is 0 Å². The Morgan fingerprint density at radius 1 is 0.271 bits per heavy atom. The number of fused-ring (bicyclic) bond motifs is 22. The molecule has 0 unspecified atom stereocenters. The van der Waals surface area contributed by atoms with Crippen LogP contribution in [0.25, 0.3) is 187 Å². The third-order valence-electron chi connectivity index (χ3n) is 20.0. The fourth-order valence-corrected chi connectivity index (χ4v) is 15.6. The second kappa shape index (κ2) is 21.8. The molecule has 0 saturated carbocycles. The van der Waals surface area contributed by atoms with E-state index < -0.39 is 0 Å². The first-order chi connectivity index (χ1) is 47.4. The first-order valence-corrected chi connectivity index (χ1v) is 32.9. The van der Waals surface area contributed by atoms with Crippen molar-refractivity contribution in [3.8, 4) is 78.7 Å². The molecule has 5 heteroatoms. The van der Waals surface area contributed by atoms with Crippen LogP contribution >= 0.6 is 0 Å². The van der Waals surface area contributed by atoms with Gasteiger partial charge in [-0.1, -0.05) is 281 Å². The summed E-state index contributed by atoms with van der Waals surface area (Å²) in [6, 6.07) is 112. The van der Waals surface area contributed by atoms with Crippen LogP contribution in [0.15, 0.2) is 320 Å². The van der Waals surface area contributed by atoms with Crippen LogP contribution in [-0.2, 0) is 5.41 Å². The summed E-state index contributed by atoms with van der Waals surface area (Å²) in [7, 11) is 0. The lowest BCUT2D eigenvalue weighted by atomic mass is 9.78. The third-order valence-corrected chi connectivity index (χ3v) is 20.0. The first-order valence-electron chi connectivity index (χ1n) is 32.9. The van der Waals surface area contributed by atoms with Crippen molar-refractivity contribution < 1.29 is 4.42 Å². The maximum atomic E-state index is 6.53. The molecule has 0 spiro atoms. The van der Waals surface area contributed by atoms with Crippen LogP contribution in [0.1, 0.15) is 25.0 Å². The first kappa shape index (κ1) is 55.2. The Morgan fingerprint density at radius 2 is 0.677 bits per heavy atom. The van der Waals surface area contributed by atoms with E-state index in [0.29, 0.717) is 0 Å². The zero-order chi connectivity index (χ0) is 63.6. The van der Waals surface area contributed by atoms with Crippen LogP contribution < -0.4 is 0 Å². The number of aromatic nitrogens is 4. The lowest BCUT2D eigenvalue weighted by Crippen LogP contribution is -2.15. The molecule has 16 aromatic carbocycles. The Balaban J connectivity index is 0.000000135. The van der Waals surface area contributed by atoms with Gasteiger partial charge in [0, 0.05) is 60.0 Å². The van der Waals surface area contributed by atoms with E-state index in [1.54, 1.807) is 0 Å². The molecule has 448 valence electrons. The molecule has 0 atom stereocenters. The number of benzene rings is 16. The minimum absolute atomic E-state index is 0.0914. The van der Waals surface area contributed by atoms with Crippen LogP contribution in [0.2, 0.25) is 0 Å². The standard InChI is InChI=1S/C47H32N2.C44H26N2O/c1-47(2)40-20-12-11-19-37(40)43-36-18-10-9-17-35(36)42-34-24-21-31(27-33(34)22-25-38(42)44(43)47)32-23-26-41-39(28-32)45(29-13-5-3-6-14-29)49-46(48-41)30-15-7-4-8-16-30;1-3-11-27(12-4-1)42-37-26-30(21-24-38(37)45-44(46-42)28-13-5-2-6-14-28)29-19-22-32-31(25-29)20-23-36-40(32)33-15-7-8-16-34(33)41-35-17-9-10-18-39(35)47-43(36)41/h3-28H,1-2H3;1-26H. The molecular formula is C91H58N4O. The monoisotopic (exact) mass is 1220 g/mol. The summed E-state index contributed by atoms with van der Waals surface area (Å²) in [5.74, 6) is 1.47. The highest BCUT2D eigenvalue weighted by Crippen LogP contribution is 2.55. The summed E-state index contributed by atoms with van der Waals surface area (Å²) in [5, 5.41) is 19.5. The molecule has 20 rings (SSSR count). The van der Waals surface area contributed by atoms with Gasteiger partial charge >= 0.3 is 0 Å². The highest BCUT2D eigenvalue weighted by Gasteiger charge is 2.38. The lowest BCUT2D eigenvalue weighted by molar-refractivity contribution is 0.666. The zero-order valence-electron chi connectivity index (χ0n) is 52.7. The SMILES string of the molecule is CC1(C)c2ccccc2-c2c1c1ccc3cc(-c4ccc5nc(-c6ccccc6)nc(-c6ccccc6)c5c4)ccc3c1c1ccccc21.c1ccc(-c2nc(-c3ccccc3)c3cc(-c4ccc5c(ccc6c7oc8ccccc8c7c7ccccc7c56)c4)ccc3n2)cc1. The number of para-hydroxylation sites is 1. The Bertz CT molecular complexity index is 6400. The van der Waals surface area contributed by atoms with Gasteiger partial charge < -0.3 is 4.42 Å². The molecule has 0 fully saturated rings. The fraction of sp³-hybridized carbons (Fsp3) is 0.0330. The smallest absolute Gasteiger partial charge is 0.160 e. The van der Waals surface area contributed by atoms with Gasteiger partial charge in [0.1, 0.15) is 11.2 Å². The maximum Gasteiger partial charge on any atom is 0.160 e. The predicted molar refractivity (Wildman–Crippen MR) is 402 cm³/mol. The largest absolute Gasteiger partial charge is 0.455 e. The van der Waals surface area contributed by atoms with Crippen molar-refractivity contribution in [1.82, 2.24) is 19.9 Å². The zero-order valence-corrected chi connectivity index (χ0v) is 52.7. The van der Waals surface area contributed by atoms with Gasteiger partial charge in [-0.15, -0.1) is 0 Å². The minimum Gasteiger partial charge on any atom is -0.455 e. The summed E-state index contributed by atoms with van der Waals surface area (Å²) in [6.45, 7) is 4.77. The lowest BCUT2D eigenvalue weighted by Gasteiger charge is -2.24. The van der Waals surface area contributed by atoms with Crippen molar-refractivity contribution >= 4 is 108 Å². The Hall–Kier alpha value is -12.4. The summed E-state index contributed by atoms with van der Waals surface area (Å²) >= 11 is 0. The third kappa shape index (κ3) is 8.78. The molecule has 3 aromatic heterocycles. The van der Waals surface area contributed by atoms with Crippen molar-refractivity contribution in [2.45, 2.75) is 19.3 Å². The molecule has 3 heterocycles. The van der Waals surface area contributed by atoms with Gasteiger partial charge in [-0.2, -0.15) is 0 Å². The van der Waals surface area contributed by atoms with Gasteiger partial charge in [0.05, 0.1) is 22.4 Å². The van der Waals surface area contributed by atoms with Crippen molar-refractivity contribution in [3.05, 3.63) is 327 Å². The Morgan fingerprint density at radius 3 is 1.23 bits per heavy atom. The van der Waals surface area contributed by atoms with E-state index in [9.17, 15) is 0 Å². The van der Waals surface area contributed by atoms with Crippen LogP contribution in [0.5, 0.6) is 0 Å². The molecule has 0 amide bonds. The summed E-state index contributed by atoms with van der Waals surface area (Å²) in [5.41, 5.74) is 19.9. The molecular weight excluding hydrogens is 1170 g/mol. The van der Waals surface area contributed by atoms with Crippen LogP contribution in [-0.4, -0.2) is 19.9 Å². The van der Waals surface area contributed by atoms with E-state index in [1.807, 2.05) is 54.6 Å². The average molecular weight is 1220 g/mol. The van der Waals surface area contributed by atoms with E-state index in [1.165, 1.54) is 92.5 Å². The minimum atomic E-state index is -0.0914. The Kier molecular flexibility index (Phi) is 12.6. The van der Waals surface area contributed by atoms with Crippen LogP contribution in [0.4, 0.5) is 0 Å². The molecule has 0 N–H and O–H groups in total. The van der Waals surface area contributed by atoms with E-state index in [4.69, 9.17) is 24.4 Å². The highest BCUT2D eigenvalue weighted by molar-refractivity contribution is 6.35. The maximum absolute atomic E-state index is 6.53. The average Bonchev–Trinajstić information content (AvgIpc) is 1.50. The number of rotatable bonds is 6. The van der Waals surface area contributed by atoms with Crippen molar-refractivity contribution in [1.29, 1.82) is 0 Å². The number of hydrogen-bond acceptors (Lipinski definition) is 5. The van der Waals surface area contributed by atoms with E-state index in [-0.39, 0.29) is 5.41 Å². The number of nitrogens with zero attached hydrogens (tertiary/aromatic N) is 4. The second-order valence-corrected chi connectivity index (χ2v) is 25.9. The molecule has 96 heavy (non-hydrogen) atoms. The molecule has 0 saturated heterocycles. The van der Waals surface area contributed by atoms with Gasteiger partial charge in [-0.3, -0.25) is 0 Å². The normalized spacial score (nSPS) is 12.6. The van der Waals surface area contributed by atoms with E-state index in [0.717, 1.165) is 106 Å². The molecule has 0 aliphatic heterocycles. The second-order valence-electron chi connectivity index (χ2n) is 25.9. The van der Waals surface area contributed by atoms with Crippen LogP contribution in [0.3, 0.4) is 0 Å². The van der Waals surface area contributed by atoms with Gasteiger partial charge in [0.15, 0.2) is 11.6 Å². The summed E-state index contributed by atoms with van der Waals surface area (Å²) in [6.07, 6.45) is 0. The molecule has 1 aliphatic rings. The molecule has 19 aromatic rings.